The monoisotopic (exact) mass is 437 g/mol. The molecule has 2 amide bonds. The fourth-order valence-corrected chi connectivity index (χ4v) is 3.27. The van der Waals surface area contributed by atoms with Gasteiger partial charge in [0.2, 0.25) is 11.8 Å². The Labute approximate surface area is 169 Å². The van der Waals surface area contributed by atoms with Crippen LogP contribution < -0.4 is 16.0 Å². The number of anilines is 1. The third-order valence-electron chi connectivity index (χ3n) is 4.38. The van der Waals surface area contributed by atoms with Gasteiger partial charge in [0.1, 0.15) is 6.54 Å². The van der Waals surface area contributed by atoms with E-state index in [0.29, 0.717) is 25.5 Å². The molecule has 1 heterocycles. The van der Waals surface area contributed by atoms with Gasteiger partial charge in [0.05, 0.1) is 0 Å². The van der Waals surface area contributed by atoms with Crippen LogP contribution in [-0.2, 0) is 9.59 Å². The zero-order valence-corrected chi connectivity index (χ0v) is 17.7. The highest BCUT2D eigenvalue weighted by Gasteiger charge is 2.25. The zero-order valence-electron chi connectivity index (χ0n) is 16.1. The zero-order chi connectivity index (χ0) is 19.8. The smallest absolute Gasteiger partial charge is 0.246 e. The standard InChI is InChI=1S/C19H28BrN5O2/c1-4-18(27)25-9-8-15(12-25)23-19(21-5-2)22-11-17(26)24-16-10-14(20)7-6-13(16)3/h6-7,10,15H,4-5,8-9,11-12H2,1-3H3,(H,24,26)(H2,21,22,23). The average molecular weight is 438 g/mol. The first kappa shape index (κ1) is 21.2. The van der Waals surface area contributed by atoms with E-state index >= 15 is 0 Å². The van der Waals surface area contributed by atoms with Gasteiger partial charge in [-0.25, -0.2) is 4.99 Å². The van der Waals surface area contributed by atoms with Gasteiger partial charge in [0.15, 0.2) is 5.96 Å². The van der Waals surface area contributed by atoms with E-state index in [-0.39, 0.29) is 24.4 Å². The molecule has 1 aromatic carbocycles. The highest BCUT2D eigenvalue weighted by Crippen LogP contribution is 2.20. The minimum absolute atomic E-state index is 0.0195. The Hall–Kier alpha value is -2.09. The maximum absolute atomic E-state index is 12.3. The molecule has 0 saturated carbocycles. The summed E-state index contributed by atoms with van der Waals surface area (Å²) in [6.07, 6.45) is 1.40. The molecular weight excluding hydrogens is 410 g/mol. The number of carbonyl (C=O) groups is 2. The van der Waals surface area contributed by atoms with Crippen LogP contribution in [0.5, 0.6) is 0 Å². The Morgan fingerprint density at radius 2 is 2.11 bits per heavy atom. The molecule has 27 heavy (non-hydrogen) atoms. The normalized spacial score (nSPS) is 17.0. The highest BCUT2D eigenvalue weighted by atomic mass is 79.9. The van der Waals surface area contributed by atoms with Crippen molar-refractivity contribution in [2.45, 2.75) is 39.7 Å². The summed E-state index contributed by atoms with van der Waals surface area (Å²) in [6.45, 7) is 7.94. The molecule has 148 valence electrons. The Morgan fingerprint density at radius 1 is 1.33 bits per heavy atom. The Balaban J connectivity index is 1.92. The number of amides is 2. The summed E-state index contributed by atoms with van der Waals surface area (Å²) in [4.78, 5) is 30.3. The van der Waals surface area contributed by atoms with E-state index in [0.717, 1.165) is 28.7 Å². The minimum atomic E-state index is -0.178. The van der Waals surface area contributed by atoms with Gasteiger partial charge in [-0.2, -0.15) is 0 Å². The lowest BCUT2D eigenvalue weighted by atomic mass is 10.2. The van der Waals surface area contributed by atoms with Crippen LogP contribution in [0.4, 0.5) is 5.69 Å². The van der Waals surface area contributed by atoms with Gasteiger partial charge in [-0.3, -0.25) is 9.59 Å². The molecule has 2 rings (SSSR count). The molecule has 1 saturated heterocycles. The van der Waals surface area contributed by atoms with Crippen molar-refractivity contribution in [3.05, 3.63) is 28.2 Å². The van der Waals surface area contributed by atoms with Crippen molar-refractivity contribution in [2.75, 3.05) is 31.5 Å². The van der Waals surface area contributed by atoms with Crippen molar-refractivity contribution in [3.63, 3.8) is 0 Å². The maximum atomic E-state index is 12.3. The third kappa shape index (κ3) is 6.53. The average Bonchev–Trinajstić information content (AvgIpc) is 3.11. The summed E-state index contributed by atoms with van der Waals surface area (Å²) >= 11 is 3.41. The summed E-state index contributed by atoms with van der Waals surface area (Å²) in [5, 5.41) is 9.37. The second-order valence-corrected chi connectivity index (χ2v) is 7.44. The predicted octanol–water partition coefficient (Wildman–Crippen LogP) is 2.26. The van der Waals surface area contributed by atoms with E-state index in [1.165, 1.54) is 0 Å². The van der Waals surface area contributed by atoms with Crippen LogP contribution in [0, 0.1) is 6.92 Å². The second kappa shape index (κ2) is 10.3. The first-order valence-corrected chi connectivity index (χ1v) is 10.1. The molecule has 1 aliphatic heterocycles. The van der Waals surface area contributed by atoms with Gasteiger partial charge in [-0.05, 0) is 38.0 Å². The fraction of sp³-hybridized carbons (Fsp3) is 0.526. The van der Waals surface area contributed by atoms with Crippen LogP contribution in [-0.4, -0.2) is 54.9 Å². The van der Waals surface area contributed by atoms with Gasteiger partial charge in [-0.1, -0.05) is 28.9 Å². The summed E-state index contributed by atoms with van der Waals surface area (Å²) in [5.74, 6) is 0.585. The molecular formula is C19H28BrN5O2. The number of hydrogen-bond donors (Lipinski definition) is 3. The van der Waals surface area contributed by atoms with Gasteiger partial charge in [0, 0.05) is 42.3 Å². The first-order chi connectivity index (χ1) is 12.9. The van der Waals surface area contributed by atoms with Gasteiger partial charge in [0.25, 0.3) is 0 Å². The minimum Gasteiger partial charge on any atom is -0.357 e. The first-order valence-electron chi connectivity index (χ1n) is 9.31. The molecule has 7 nitrogen and oxygen atoms in total. The van der Waals surface area contributed by atoms with Crippen molar-refractivity contribution in [2.24, 2.45) is 4.99 Å². The van der Waals surface area contributed by atoms with Crippen LogP contribution >= 0.6 is 15.9 Å². The molecule has 0 radical (unpaired) electrons. The van der Waals surface area contributed by atoms with Crippen molar-refractivity contribution in [1.82, 2.24) is 15.5 Å². The number of aliphatic imine (C=N–C) groups is 1. The van der Waals surface area contributed by atoms with E-state index in [2.05, 4.69) is 36.9 Å². The molecule has 1 fully saturated rings. The molecule has 0 aliphatic carbocycles. The molecule has 1 aromatic rings. The second-order valence-electron chi connectivity index (χ2n) is 6.53. The number of likely N-dealkylation sites (tertiary alicyclic amines) is 1. The number of carbonyl (C=O) groups excluding carboxylic acids is 2. The van der Waals surface area contributed by atoms with Crippen LogP contribution in [0.2, 0.25) is 0 Å². The number of nitrogens with zero attached hydrogens (tertiary/aromatic N) is 2. The van der Waals surface area contributed by atoms with Gasteiger partial charge >= 0.3 is 0 Å². The summed E-state index contributed by atoms with van der Waals surface area (Å²) in [6, 6.07) is 5.90. The van der Waals surface area contributed by atoms with E-state index in [1.807, 2.05) is 43.9 Å². The van der Waals surface area contributed by atoms with Crippen molar-refractivity contribution in [3.8, 4) is 0 Å². The van der Waals surface area contributed by atoms with E-state index in [1.54, 1.807) is 0 Å². The van der Waals surface area contributed by atoms with E-state index in [9.17, 15) is 9.59 Å². The van der Waals surface area contributed by atoms with Crippen LogP contribution in [0.15, 0.2) is 27.7 Å². The van der Waals surface area contributed by atoms with Crippen LogP contribution in [0.25, 0.3) is 0 Å². The lowest BCUT2D eigenvalue weighted by Crippen LogP contribution is -2.45. The molecule has 8 heteroatoms. The molecule has 0 bridgehead atoms. The number of nitrogens with one attached hydrogen (secondary N) is 3. The fourth-order valence-electron chi connectivity index (χ4n) is 2.91. The van der Waals surface area contributed by atoms with Gasteiger partial charge in [-0.15, -0.1) is 0 Å². The third-order valence-corrected chi connectivity index (χ3v) is 4.88. The summed E-state index contributed by atoms with van der Waals surface area (Å²) in [5.41, 5.74) is 1.76. The quantitative estimate of drug-likeness (QED) is 0.470. The Kier molecular flexibility index (Phi) is 8.09. The molecule has 3 N–H and O–H groups in total. The lowest BCUT2D eigenvalue weighted by Gasteiger charge is -2.18. The number of rotatable bonds is 6. The van der Waals surface area contributed by atoms with E-state index < -0.39 is 0 Å². The van der Waals surface area contributed by atoms with Crippen LogP contribution in [0.3, 0.4) is 0 Å². The van der Waals surface area contributed by atoms with Crippen LogP contribution in [0.1, 0.15) is 32.3 Å². The number of guanidine groups is 1. The Morgan fingerprint density at radius 3 is 2.81 bits per heavy atom. The lowest BCUT2D eigenvalue weighted by molar-refractivity contribution is -0.129. The number of aryl methyl sites for hydroxylation is 1. The number of halogens is 1. The molecule has 0 aromatic heterocycles. The van der Waals surface area contributed by atoms with Gasteiger partial charge < -0.3 is 20.9 Å². The molecule has 1 aliphatic rings. The summed E-state index contributed by atoms with van der Waals surface area (Å²) < 4.78 is 0.911. The molecule has 1 atom stereocenters. The van der Waals surface area contributed by atoms with E-state index in [4.69, 9.17) is 0 Å². The Bertz CT molecular complexity index is 707. The number of hydrogen-bond acceptors (Lipinski definition) is 3. The van der Waals surface area contributed by atoms with Crippen molar-refractivity contribution in [1.29, 1.82) is 0 Å². The predicted molar refractivity (Wildman–Crippen MR) is 112 cm³/mol. The SMILES string of the molecule is CCNC(=NCC(=O)Nc1cc(Br)ccc1C)NC1CCN(C(=O)CC)C1. The highest BCUT2D eigenvalue weighted by molar-refractivity contribution is 9.10. The van der Waals surface area contributed by atoms with Crippen molar-refractivity contribution >= 4 is 39.4 Å². The largest absolute Gasteiger partial charge is 0.357 e. The number of benzene rings is 1. The maximum Gasteiger partial charge on any atom is 0.246 e. The molecule has 0 spiro atoms. The summed E-state index contributed by atoms with van der Waals surface area (Å²) in [7, 11) is 0. The topological polar surface area (TPSA) is 85.8 Å². The molecule has 1 unspecified atom stereocenters. The van der Waals surface area contributed by atoms with Crippen molar-refractivity contribution < 1.29 is 9.59 Å².